The molecule has 140 valence electrons. The third-order valence-corrected chi connectivity index (χ3v) is 5.06. The number of benzene rings is 2. The van der Waals surface area contributed by atoms with E-state index in [1.165, 1.54) is 11.8 Å². The molecule has 0 aliphatic carbocycles. The molecular formula is C20H19ClN2O3S. The van der Waals surface area contributed by atoms with Gasteiger partial charge in [0.2, 0.25) is 0 Å². The maximum absolute atomic E-state index is 12.8. The van der Waals surface area contributed by atoms with Gasteiger partial charge in [-0.25, -0.2) is 9.78 Å². The molecule has 0 spiro atoms. The summed E-state index contributed by atoms with van der Waals surface area (Å²) in [4.78, 5) is 29.3. The van der Waals surface area contributed by atoms with E-state index in [-0.39, 0.29) is 18.1 Å². The molecule has 3 rings (SSSR count). The molecule has 3 aromatic rings. The third-order valence-electron chi connectivity index (χ3n) is 3.89. The summed E-state index contributed by atoms with van der Waals surface area (Å²) in [5.74, 6) is 0.140. The minimum absolute atomic E-state index is 0.0812. The number of ether oxygens (including phenoxy) is 1. The van der Waals surface area contributed by atoms with Crippen molar-refractivity contribution in [1.82, 2.24) is 9.55 Å². The van der Waals surface area contributed by atoms with Crippen LogP contribution in [0.4, 0.5) is 0 Å². The lowest BCUT2D eigenvalue weighted by Crippen LogP contribution is -2.23. The maximum Gasteiger partial charge on any atom is 0.338 e. The molecule has 0 fully saturated rings. The van der Waals surface area contributed by atoms with Gasteiger partial charge in [0.1, 0.15) is 6.61 Å². The van der Waals surface area contributed by atoms with Crippen molar-refractivity contribution in [3.63, 3.8) is 0 Å². The molecule has 0 bridgehead atoms. The molecule has 0 saturated carbocycles. The average molecular weight is 403 g/mol. The van der Waals surface area contributed by atoms with E-state index < -0.39 is 0 Å². The highest BCUT2D eigenvalue weighted by molar-refractivity contribution is 7.99. The van der Waals surface area contributed by atoms with E-state index in [0.717, 1.165) is 6.42 Å². The molecule has 0 atom stereocenters. The van der Waals surface area contributed by atoms with Gasteiger partial charge in [-0.05, 0) is 36.8 Å². The largest absolute Gasteiger partial charge is 0.461 e. The first kappa shape index (κ1) is 19.5. The SMILES string of the molecule is CCCn1c(SCCOC(=O)c2ccccc2)nc2cc(Cl)ccc2c1=O. The van der Waals surface area contributed by atoms with Crippen molar-refractivity contribution in [3.05, 3.63) is 69.5 Å². The van der Waals surface area contributed by atoms with Crippen LogP contribution in [-0.2, 0) is 11.3 Å². The molecular weight excluding hydrogens is 384 g/mol. The van der Waals surface area contributed by atoms with E-state index in [4.69, 9.17) is 16.3 Å². The number of hydrogen-bond acceptors (Lipinski definition) is 5. The Labute approximate surface area is 166 Å². The quantitative estimate of drug-likeness (QED) is 0.253. The highest BCUT2D eigenvalue weighted by Gasteiger charge is 2.12. The van der Waals surface area contributed by atoms with Crippen molar-refractivity contribution in [1.29, 1.82) is 0 Å². The lowest BCUT2D eigenvalue weighted by atomic mass is 10.2. The van der Waals surface area contributed by atoms with E-state index in [9.17, 15) is 9.59 Å². The lowest BCUT2D eigenvalue weighted by Gasteiger charge is -2.12. The number of hydrogen-bond donors (Lipinski definition) is 0. The second kappa shape index (κ2) is 9.06. The first-order valence-corrected chi connectivity index (χ1v) is 10.0. The van der Waals surface area contributed by atoms with Crippen LogP contribution < -0.4 is 5.56 Å². The van der Waals surface area contributed by atoms with Crippen molar-refractivity contribution >= 4 is 40.2 Å². The monoisotopic (exact) mass is 402 g/mol. The summed E-state index contributed by atoms with van der Waals surface area (Å²) in [7, 11) is 0. The van der Waals surface area contributed by atoms with Crippen LogP contribution in [0.2, 0.25) is 5.02 Å². The third kappa shape index (κ3) is 4.70. The summed E-state index contributed by atoms with van der Waals surface area (Å²) in [6.45, 7) is 2.82. The fraction of sp³-hybridized carbons (Fsp3) is 0.250. The number of thioether (sulfide) groups is 1. The van der Waals surface area contributed by atoms with Crippen molar-refractivity contribution in [2.24, 2.45) is 0 Å². The zero-order valence-corrected chi connectivity index (χ0v) is 16.4. The van der Waals surface area contributed by atoms with Gasteiger partial charge in [-0.2, -0.15) is 0 Å². The number of carbonyl (C=O) groups excluding carboxylic acids is 1. The van der Waals surface area contributed by atoms with E-state index in [0.29, 0.717) is 38.9 Å². The van der Waals surface area contributed by atoms with Crippen LogP contribution in [0.5, 0.6) is 0 Å². The zero-order valence-electron chi connectivity index (χ0n) is 14.9. The van der Waals surface area contributed by atoms with E-state index in [1.807, 2.05) is 13.0 Å². The molecule has 7 heteroatoms. The maximum atomic E-state index is 12.8. The van der Waals surface area contributed by atoms with E-state index in [2.05, 4.69) is 4.98 Å². The molecule has 2 aromatic carbocycles. The topological polar surface area (TPSA) is 61.2 Å². The van der Waals surface area contributed by atoms with E-state index in [1.54, 1.807) is 47.0 Å². The van der Waals surface area contributed by atoms with Crippen LogP contribution in [0.3, 0.4) is 0 Å². The minimum atomic E-state index is -0.361. The Bertz CT molecular complexity index is 1010. The predicted octanol–water partition coefficient (Wildman–Crippen LogP) is 4.41. The molecule has 0 aliphatic rings. The van der Waals surface area contributed by atoms with Gasteiger partial charge in [-0.3, -0.25) is 9.36 Å². The number of aromatic nitrogens is 2. The number of halogens is 1. The van der Waals surface area contributed by atoms with Gasteiger partial charge in [0.15, 0.2) is 5.16 Å². The summed E-state index contributed by atoms with van der Waals surface area (Å²) in [5, 5.41) is 1.69. The normalized spacial score (nSPS) is 10.9. The Morgan fingerprint density at radius 2 is 2.00 bits per heavy atom. The Hall–Kier alpha value is -2.31. The number of fused-ring (bicyclic) bond motifs is 1. The summed E-state index contributed by atoms with van der Waals surface area (Å²) in [6, 6.07) is 13.9. The summed E-state index contributed by atoms with van der Waals surface area (Å²) in [6.07, 6.45) is 0.817. The van der Waals surface area contributed by atoms with Crippen molar-refractivity contribution in [2.75, 3.05) is 12.4 Å². The van der Waals surface area contributed by atoms with Crippen molar-refractivity contribution in [3.8, 4) is 0 Å². The number of esters is 1. The van der Waals surface area contributed by atoms with Crippen molar-refractivity contribution < 1.29 is 9.53 Å². The van der Waals surface area contributed by atoms with Gasteiger partial charge < -0.3 is 4.74 Å². The van der Waals surface area contributed by atoms with Crippen LogP contribution in [0.1, 0.15) is 23.7 Å². The molecule has 5 nitrogen and oxygen atoms in total. The highest BCUT2D eigenvalue weighted by Crippen LogP contribution is 2.20. The molecule has 0 aliphatic heterocycles. The van der Waals surface area contributed by atoms with Gasteiger partial charge in [0.25, 0.3) is 5.56 Å². The van der Waals surface area contributed by atoms with Crippen molar-refractivity contribution in [2.45, 2.75) is 25.0 Å². The molecule has 0 unspecified atom stereocenters. The number of rotatable bonds is 7. The molecule has 0 amide bonds. The van der Waals surface area contributed by atoms with Crippen LogP contribution in [0.25, 0.3) is 10.9 Å². The number of nitrogens with zero attached hydrogens (tertiary/aromatic N) is 2. The number of carbonyl (C=O) groups is 1. The standard InChI is InChI=1S/C20H19ClN2O3S/c1-2-10-23-18(24)16-9-8-15(21)13-17(16)22-20(23)27-12-11-26-19(25)14-6-4-3-5-7-14/h3-9,13H,2,10-12H2,1H3. The summed E-state index contributed by atoms with van der Waals surface area (Å²) >= 11 is 7.42. The average Bonchev–Trinajstić information content (AvgIpc) is 2.68. The Kier molecular flexibility index (Phi) is 6.53. The van der Waals surface area contributed by atoms with Gasteiger partial charge in [-0.15, -0.1) is 0 Å². The fourth-order valence-electron chi connectivity index (χ4n) is 2.63. The van der Waals surface area contributed by atoms with Crippen LogP contribution in [0.15, 0.2) is 58.5 Å². The van der Waals surface area contributed by atoms with E-state index >= 15 is 0 Å². The van der Waals surface area contributed by atoms with Gasteiger partial charge in [0.05, 0.1) is 16.5 Å². The Balaban J connectivity index is 1.72. The first-order chi connectivity index (χ1) is 13.1. The highest BCUT2D eigenvalue weighted by atomic mass is 35.5. The molecule has 0 N–H and O–H groups in total. The van der Waals surface area contributed by atoms with Gasteiger partial charge >= 0.3 is 5.97 Å². The molecule has 0 saturated heterocycles. The minimum Gasteiger partial charge on any atom is -0.461 e. The first-order valence-electron chi connectivity index (χ1n) is 8.65. The predicted molar refractivity (Wildman–Crippen MR) is 109 cm³/mol. The van der Waals surface area contributed by atoms with Crippen LogP contribution in [-0.4, -0.2) is 27.9 Å². The lowest BCUT2D eigenvalue weighted by molar-refractivity contribution is 0.0530. The molecule has 27 heavy (non-hydrogen) atoms. The van der Waals surface area contributed by atoms with Gasteiger partial charge in [-0.1, -0.05) is 48.5 Å². The summed E-state index contributed by atoms with van der Waals surface area (Å²) in [5.41, 5.74) is 1.01. The molecule has 1 aromatic heterocycles. The molecule has 1 heterocycles. The van der Waals surface area contributed by atoms with Crippen LogP contribution >= 0.6 is 23.4 Å². The molecule has 0 radical (unpaired) electrons. The summed E-state index contributed by atoms with van der Waals surface area (Å²) < 4.78 is 6.96. The Morgan fingerprint density at radius 1 is 1.22 bits per heavy atom. The second-order valence-electron chi connectivity index (χ2n) is 5.86. The van der Waals surface area contributed by atoms with Crippen LogP contribution in [0, 0.1) is 0 Å². The fourth-order valence-corrected chi connectivity index (χ4v) is 3.64. The van der Waals surface area contributed by atoms with Gasteiger partial charge in [0, 0.05) is 17.3 Å². The second-order valence-corrected chi connectivity index (χ2v) is 7.36. The smallest absolute Gasteiger partial charge is 0.338 e. The zero-order chi connectivity index (χ0) is 19.2. The Morgan fingerprint density at radius 3 is 2.74 bits per heavy atom.